The van der Waals surface area contributed by atoms with Crippen LogP contribution in [0.5, 0.6) is 0 Å². The van der Waals surface area contributed by atoms with Gasteiger partial charge < -0.3 is 4.90 Å². The van der Waals surface area contributed by atoms with E-state index in [0.717, 1.165) is 38.5 Å². The molecule has 0 saturated carbocycles. The summed E-state index contributed by atoms with van der Waals surface area (Å²) in [5.74, 6) is 5.50. The molecule has 0 N–H and O–H groups in total. The summed E-state index contributed by atoms with van der Waals surface area (Å²) in [5.41, 5.74) is 0.209. The number of hydrogen-bond donors (Lipinski definition) is 0. The molecule has 0 bridgehead atoms. The lowest BCUT2D eigenvalue weighted by molar-refractivity contribution is -0.129. The number of nitrogens with zero attached hydrogens (tertiary/aromatic N) is 3. The molecule has 0 aromatic heterocycles. The first kappa shape index (κ1) is 16.9. The molecule has 0 radical (unpaired) electrons. The number of carbonyl (C=O) groups excluding carboxylic acids is 1. The summed E-state index contributed by atoms with van der Waals surface area (Å²) in [5, 5.41) is 0. The molecular weight excluding hydrogens is 314 g/mol. The summed E-state index contributed by atoms with van der Waals surface area (Å²) in [4.78, 5) is 19.3. The lowest BCUT2D eigenvalue weighted by Gasteiger charge is -2.51. The number of hydrogen-bond acceptors (Lipinski definition) is 5. The third-order valence-corrected chi connectivity index (χ3v) is 8.17. The molecular formula is C16H29N3OS2. The minimum absolute atomic E-state index is 0.209. The van der Waals surface area contributed by atoms with Crippen molar-refractivity contribution in [2.45, 2.75) is 30.8 Å². The van der Waals surface area contributed by atoms with E-state index in [4.69, 9.17) is 0 Å². The van der Waals surface area contributed by atoms with Gasteiger partial charge in [0, 0.05) is 74.2 Å². The number of carbonyl (C=O) groups is 1. The van der Waals surface area contributed by atoms with Crippen molar-refractivity contribution < 1.29 is 4.79 Å². The van der Waals surface area contributed by atoms with Gasteiger partial charge in [0.1, 0.15) is 0 Å². The van der Waals surface area contributed by atoms with Crippen molar-refractivity contribution >= 4 is 29.4 Å². The molecule has 1 atom stereocenters. The maximum absolute atomic E-state index is 12.1. The van der Waals surface area contributed by atoms with E-state index in [2.05, 4.69) is 40.4 Å². The zero-order valence-electron chi connectivity index (χ0n) is 13.9. The van der Waals surface area contributed by atoms with E-state index in [0.29, 0.717) is 12.3 Å². The van der Waals surface area contributed by atoms with E-state index in [-0.39, 0.29) is 5.54 Å². The minimum atomic E-state index is 0.209. The second-order valence-corrected chi connectivity index (χ2v) is 9.28. The topological polar surface area (TPSA) is 26.8 Å². The van der Waals surface area contributed by atoms with Crippen LogP contribution in [0.3, 0.4) is 0 Å². The fourth-order valence-electron chi connectivity index (χ4n) is 3.92. The Bertz CT molecular complexity index is 401. The Balaban J connectivity index is 1.71. The summed E-state index contributed by atoms with van der Waals surface area (Å²) in [7, 11) is 4.23. The Kier molecular flexibility index (Phi) is 5.64. The first-order chi connectivity index (χ1) is 10.6. The molecule has 0 unspecified atom stereocenters. The van der Waals surface area contributed by atoms with Gasteiger partial charge in [0.05, 0.1) is 0 Å². The van der Waals surface area contributed by atoms with Gasteiger partial charge in [-0.1, -0.05) is 0 Å². The van der Waals surface area contributed by atoms with Crippen LogP contribution in [-0.4, -0.2) is 95.5 Å². The van der Waals surface area contributed by atoms with Gasteiger partial charge >= 0.3 is 0 Å². The second kappa shape index (κ2) is 7.32. The largest absolute Gasteiger partial charge is 0.346 e. The standard InChI is InChI=1S/C16H29N3OS2/c1-17-6-5-16(4-3-15(17)20)13-19(8-7-18(16)2)14-11-21-9-10-22-12-14/h14H,3-13H2,1-2H3/t16-/m0/s1. The average molecular weight is 344 g/mol. The van der Waals surface area contributed by atoms with Crippen molar-refractivity contribution in [1.82, 2.24) is 14.7 Å². The van der Waals surface area contributed by atoms with Crippen LogP contribution in [0.15, 0.2) is 0 Å². The van der Waals surface area contributed by atoms with E-state index in [1.807, 2.05) is 11.9 Å². The number of thioether (sulfide) groups is 2. The molecule has 0 aromatic carbocycles. The van der Waals surface area contributed by atoms with E-state index in [1.165, 1.54) is 29.6 Å². The highest BCUT2D eigenvalue weighted by atomic mass is 32.2. The van der Waals surface area contributed by atoms with E-state index in [1.54, 1.807) is 0 Å². The Morgan fingerprint density at radius 2 is 1.77 bits per heavy atom. The minimum Gasteiger partial charge on any atom is -0.346 e. The van der Waals surface area contributed by atoms with Gasteiger partial charge in [0.15, 0.2) is 0 Å². The zero-order chi connectivity index (χ0) is 15.6. The number of likely N-dealkylation sites (tertiary alicyclic amines) is 1. The van der Waals surface area contributed by atoms with Crippen LogP contribution in [-0.2, 0) is 4.79 Å². The van der Waals surface area contributed by atoms with Crippen molar-refractivity contribution in [3.05, 3.63) is 0 Å². The highest BCUT2D eigenvalue weighted by molar-refractivity contribution is 8.03. The highest BCUT2D eigenvalue weighted by Gasteiger charge is 2.43. The molecule has 3 saturated heterocycles. The predicted molar refractivity (Wildman–Crippen MR) is 96.9 cm³/mol. The lowest BCUT2D eigenvalue weighted by atomic mass is 9.86. The third-order valence-electron chi connectivity index (χ3n) is 5.68. The molecule has 126 valence electrons. The molecule has 0 aliphatic carbocycles. The van der Waals surface area contributed by atoms with E-state index in [9.17, 15) is 4.79 Å². The van der Waals surface area contributed by atoms with Crippen LogP contribution in [0.2, 0.25) is 0 Å². The number of rotatable bonds is 1. The number of likely N-dealkylation sites (N-methyl/N-ethyl adjacent to an activating group) is 1. The molecule has 1 spiro atoms. The van der Waals surface area contributed by atoms with Gasteiger partial charge in [0.25, 0.3) is 0 Å². The summed E-state index contributed by atoms with van der Waals surface area (Å²) < 4.78 is 0. The van der Waals surface area contributed by atoms with Crippen molar-refractivity contribution in [2.75, 3.05) is 63.3 Å². The van der Waals surface area contributed by atoms with E-state index >= 15 is 0 Å². The predicted octanol–water partition coefficient (Wildman–Crippen LogP) is 1.46. The first-order valence-electron chi connectivity index (χ1n) is 8.45. The molecule has 22 heavy (non-hydrogen) atoms. The normalized spacial score (nSPS) is 33.9. The monoisotopic (exact) mass is 343 g/mol. The van der Waals surface area contributed by atoms with Crippen LogP contribution in [0.1, 0.15) is 19.3 Å². The molecule has 3 rings (SSSR count). The average Bonchev–Trinajstić information content (AvgIpc) is 2.87. The fraction of sp³-hybridized carbons (Fsp3) is 0.938. The SMILES string of the molecule is CN1CC[C@@]2(CCC1=O)CN(C1CSCCSC1)CCN2C. The first-order valence-corrected chi connectivity index (χ1v) is 10.8. The zero-order valence-corrected chi connectivity index (χ0v) is 15.6. The summed E-state index contributed by atoms with van der Waals surface area (Å²) in [6, 6.07) is 0.722. The molecule has 6 heteroatoms. The quantitative estimate of drug-likeness (QED) is 0.718. The maximum atomic E-state index is 12.1. The summed E-state index contributed by atoms with van der Waals surface area (Å²) in [6.45, 7) is 4.39. The molecule has 3 fully saturated rings. The van der Waals surface area contributed by atoms with Crippen LogP contribution in [0, 0.1) is 0 Å². The third kappa shape index (κ3) is 3.60. The molecule has 3 heterocycles. The second-order valence-electron chi connectivity index (χ2n) is 6.99. The molecule has 4 nitrogen and oxygen atoms in total. The Hall–Kier alpha value is 0.0900. The van der Waals surface area contributed by atoms with E-state index < -0.39 is 0 Å². The molecule has 3 aliphatic heterocycles. The van der Waals surface area contributed by atoms with Crippen LogP contribution in [0.25, 0.3) is 0 Å². The molecule has 0 aromatic rings. The van der Waals surface area contributed by atoms with Crippen molar-refractivity contribution in [1.29, 1.82) is 0 Å². The van der Waals surface area contributed by atoms with Crippen molar-refractivity contribution in [3.63, 3.8) is 0 Å². The Morgan fingerprint density at radius 3 is 2.50 bits per heavy atom. The van der Waals surface area contributed by atoms with Gasteiger partial charge in [-0.05, 0) is 19.9 Å². The lowest BCUT2D eigenvalue weighted by Crippen LogP contribution is -2.63. The number of amides is 1. The van der Waals surface area contributed by atoms with Gasteiger partial charge in [-0.25, -0.2) is 0 Å². The van der Waals surface area contributed by atoms with Gasteiger partial charge in [-0.15, -0.1) is 0 Å². The molecule has 1 amide bonds. The maximum Gasteiger partial charge on any atom is 0.222 e. The van der Waals surface area contributed by atoms with Crippen LogP contribution >= 0.6 is 23.5 Å². The van der Waals surface area contributed by atoms with Gasteiger partial charge in [-0.2, -0.15) is 23.5 Å². The fourth-order valence-corrected chi connectivity index (χ4v) is 6.54. The Labute approximate surface area is 143 Å². The number of piperazine rings is 1. The van der Waals surface area contributed by atoms with Crippen LogP contribution < -0.4 is 0 Å². The van der Waals surface area contributed by atoms with Crippen molar-refractivity contribution in [3.8, 4) is 0 Å². The molecule has 3 aliphatic rings. The van der Waals surface area contributed by atoms with Gasteiger partial charge in [0.2, 0.25) is 5.91 Å². The van der Waals surface area contributed by atoms with Gasteiger partial charge in [-0.3, -0.25) is 14.6 Å². The Morgan fingerprint density at radius 1 is 1.05 bits per heavy atom. The highest BCUT2D eigenvalue weighted by Crippen LogP contribution is 2.33. The van der Waals surface area contributed by atoms with Crippen LogP contribution in [0.4, 0.5) is 0 Å². The summed E-state index contributed by atoms with van der Waals surface area (Å²) >= 11 is 4.24. The smallest absolute Gasteiger partial charge is 0.222 e. The summed E-state index contributed by atoms with van der Waals surface area (Å²) in [6.07, 6.45) is 2.86. The van der Waals surface area contributed by atoms with Crippen molar-refractivity contribution in [2.24, 2.45) is 0 Å².